The van der Waals surface area contributed by atoms with E-state index < -0.39 is 0 Å². The summed E-state index contributed by atoms with van der Waals surface area (Å²) in [5.41, 5.74) is 9.24. The van der Waals surface area contributed by atoms with Gasteiger partial charge in [-0.2, -0.15) is 0 Å². The van der Waals surface area contributed by atoms with Crippen molar-refractivity contribution in [1.82, 2.24) is 60.0 Å². The fourth-order valence-corrected chi connectivity index (χ4v) is 5.64. The molecule has 4 aromatic rings. The minimum absolute atomic E-state index is 0.406. The van der Waals surface area contributed by atoms with Crippen LogP contribution >= 0.6 is 0 Å². The molecule has 272 valence electrons. The van der Waals surface area contributed by atoms with Crippen LogP contribution in [0.15, 0.2) is 0 Å². The molecule has 0 N–H and O–H groups in total. The third-order valence-electron chi connectivity index (χ3n) is 7.89. The maximum Gasteiger partial charge on any atom is 0.0881 e. The number of rotatable bonds is 8. The Labute approximate surface area is 291 Å². The molecular formula is C36H68N12. The number of hydrogen-bond donors (Lipinski definition) is 0. The number of aryl methyl sites for hydroxylation is 2. The molecule has 0 aliphatic carbocycles. The predicted molar refractivity (Wildman–Crippen MR) is 197 cm³/mol. The molecule has 0 aliphatic heterocycles. The summed E-state index contributed by atoms with van der Waals surface area (Å²) in [7, 11) is 0. The highest BCUT2D eigenvalue weighted by Gasteiger charge is 2.16. The van der Waals surface area contributed by atoms with Crippen molar-refractivity contribution >= 4 is 0 Å². The molecule has 48 heavy (non-hydrogen) atoms. The Morgan fingerprint density at radius 3 is 0.729 bits per heavy atom. The van der Waals surface area contributed by atoms with Gasteiger partial charge in [0, 0.05) is 24.2 Å². The summed E-state index contributed by atoms with van der Waals surface area (Å²) in [6.07, 6.45) is 0. The van der Waals surface area contributed by atoms with Crippen molar-refractivity contribution in [3.05, 3.63) is 45.6 Å². The first-order valence-electron chi connectivity index (χ1n) is 17.8. The fraction of sp³-hybridized carbons (Fsp3) is 0.778. The van der Waals surface area contributed by atoms with Gasteiger partial charge in [0.1, 0.15) is 0 Å². The van der Waals surface area contributed by atoms with Crippen LogP contribution < -0.4 is 0 Å². The van der Waals surface area contributed by atoms with Crippen LogP contribution in [0.5, 0.6) is 0 Å². The first kappa shape index (κ1) is 42.6. The van der Waals surface area contributed by atoms with Crippen molar-refractivity contribution in [3.63, 3.8) is 0 Å². The number of nitrogens with zero attached hydrogens (tertiary/aromatic N) is 12. The fourth-order valence-electron chi connectivity index (χ4n) is 5.64. The van der Waals surface area contributed by atoms with Gasteiger partial charge in [0.15, 0.2) is 0 Å². The maximum absolute atomic E-state index is 4.15. The van der Waals surface area contributed by atoms with Gasteiger partial charge in [-0.05, 0) is 107 Å². The van der Waals surface area contributed by atoms with E-state index in [1.54, 1.807) is 0 Å². The molecule has 0 fully saturated rings. The highest BCUT2D eigenvalue weighted by atomic mass is 15.5. The summed E-state index contributed by atoms with van der Waals surface area (Å²) in [6, 6.07) is 1.63. The third kappa shape index (κ3) is 11.3. The first-order valence-corrected chi connectivity index (χ1v) is 17.8. The monoisotopic (exact) mass is 669 g/mol. The Hall–Kier alpha value is -3.44. The molecule has 0 aliphatic rings. The van der Waals surface area contributed by atoms with E-state index >= 15 is 0 Å². The van der Waals surface area contributed by atoms with Gasteiger partial charge in [-0.25, -0.2) is 18.7 Å². The van der Waals surface area contributed by atoms with Crippen molar-refractivity contribution < 1.29 is 0 Å². The van der Waals surface area contributed by atoms with Crippen molar-refractivity contribution in [3.8, 4) is 0 Å². The van der Waals surface area contributed by atoms with E-state index in [9.17, 15) is 0 Å². The number of aromatic nitrogens is 12. The van der Waals surface area contributed by atoms with Crippen LogP contribution in [0.1, 0.15) is 204 Å². The molecule has 4 rings (SSSR count). The predicted octanol–water partition coefficient (Wildman–Crippen LogP) is 9.16. The Balaban J connectivity index is 0.000000320. The molecule has 4 aromatic heterocycles. The van der Waals surface area contributed by atoms with Gasteiger partial charge in [-0.15, -0.1) is 20.4 Å². The van der Waals surface area contributed by atoms with Gasteiger partial charge < -0.3 is 0 Å². The second-order valence-electron chi connectivity index (χ2n) is 15.0. The van der Waals surface area contributed by atoms with Gasteiger partial charge in [-0.1, -0.05) is 76.2 Å². The van der Waals surface area contributed by atoms with Crippen LogP contribution in [0.4, 0.5) is 0 Å². The quantitative estimate of drug-likeness (QED) is 0.182. The van der Waals surface area contributed by atoms with E-state index in [2.05, 4.69) is 166 Å². The normalized spacial score (nSPS) is 11.6. The lowest BCUT2D eigenvalue weighted by molar-refractivity contribution is 0.484. The second-order valence-corrected chi connectivity index (χ2v) is 15.0. The van der Waals surface area contributed by atoms with E-state index in [0.717, 1.165) is 22.8 Å². The molecule has 0 unspecified atom stereocenters. The van der Waals surface area contributed by atoms with Crippen LogP contribution in [0.25, 0.3) is 0 Å². The van der Waals surface area contributed by atoms with Gasteiger partial charge in [0.05, 0.1) is 45.6 Å². The Bertz CT molecular complexity index is 1330. The van der Waals surface area contributed by atoms with Crippen LogP contribution in [0, 0.1) is 27.7 Å². The molecule has 0 atom stereocenters. The summed E-state index contributed by atoms with van der Waals surface area (Å²) in [4.78, 5) is 0. The van der Waals surface area contributed by atoms with Crippen molar-refractivity contribution in [1.29, 1.82) is 0 Å². The van der Waals surface area contributed by atoms with E-state index in [1.807, 2.05) is 32.6 Å². The Morgan fingerprint density at radius 2 is 0.583 bits per heavy atom. The SMILES string of the molecule is Cc1c(C(C)C)nnn1C(C)C.Cc1c(C(C)C)nnn1C(C)C.Cc1nnn(C(C)C)c1C(C)C.Cc1nnn(C(C)C)c1C(C)C. The average Bonchev–Trinajstić information content (AvgIpc) is 3.74. The van der Waals surface area contributed by atoms with E-state index in [1.165, 1.54) is 22.8 Å². The lowest BCUT2D eigenvalue weighted by Crippen LogP contribution is -2.09. The summed E-state index contributed by atoms with van der Waals surface area (Å²) in [5, 5.41) is 32.9. The molecule has 0 saturated carbocycles. The topological polar surface area (TPSA) is 123 Å². The molecule has 4 heterocycles. The van der Waals surface area contributed by atoms with Crippen molar-refractivity contribution in [2.24, 2.45) is 0 Å². The minimum Gasteiger partial charge on any atom is -0.247 e. The molecule has 0 bridgehead atoms. The van der Waals surface area contributed by atoms with E-state index in [4.69, 9.17) is 0 Å². The Kier molecular flexibility index (Phi) is 16.8. The zero-order chi connectivity index (χ0) is 37.2. The maximum atomic E-state index is 4.15. The molecule has 12 nitrogen and oxygen atoms in total. The summed E-state index contributed by atoms with van der Waals surface area (Å²) in [5.74, 6) is 1.94. The largest absolute Gasteiger partial charge is 0.247 e. The summed E-state index contributed by atoms with van der Waals surface area (Å²) in [6.45, 7) is 42.4. The highest BCUT2D eigenvalue weighted by molar-refractivity contribution is 5.14. The van der Waals surface area contributed by atoms with Crippen LogP contribution in [-0.4, -0.2) is 60.0 Å². The highest BCUT2D eigenvalue weighted by Crippen LogP contribution is 2.21. The van der Waals surface area contributed by atoms with Crippen molar-refractivity contribution in [2.75, 3.05) is 0 Å². The minimum atomic E-state index is 0.406. The van der Waals surface area contributed by atoms with Gasteiger partial charge in [0.25, 0.3) is 0 Å². The second kappa shape index (κ2) is 18.9. The molecule has 0 saturated heterocycles. The number of hydrogen-bond acceptors (Lipinski definition) is 8. The van der Waals surface area contributed by atoms with Crippen LogP contribution in [-0.2, 0) is 0 Å². The molecule has 12 heteroatoms. The van der Waals surface area contributed by atoms with Gasteiger partial charge >= 0.3 is 0 Å². The van der Waals surface area contributed by atoms with Crippen LogP contribution in [0.3, 0.4) is 0 Å². The van der Waals surface area contributed by atoms with Crippen LogP contribution in [0.2, 0.25) is 0 Å². The first-order chi connectivity index (χ1) is 22.1. The third-order valence-corrected chi connectivity index (χ3v) is 7.89. The molecule has 0 aromatic carbocycles. The molecule has 0 spiro atoms. The lowest BCUT2D eigenvalue weighted by Gasteiger charge is -2.12. The smallest absolute Gasteiger partial charge is 0.0881 e. The zero-order valence-electron chi connectivity index (χ0n) is 34.0. The molecule has 0 amide bonds. The van der Waals surface area contributed by atoms with Crippen molar-refractivity contribution in [2.45, 2.75) is 186 Å². The zero-order valence-corrected chi connectivity index (χ0v) is 34.0. The molecule has 0 radical (unpaired) electrons. The van der Waals surface area contributed by atoms with Gasteiger partial charge in [-0.3, -0.25) is 0 Å². The van der Waals surface area contributed by atoms with E-state index in [0.29, 0.717) is 47.8 Å². The molecular weight excluding hydrogens is 600 g/mol. The average molecular weight is 669 g/mol. The summed E-state index contributed by atoms with van der Waals surface area (Å²) >= 11 is 0. The van der Waals surface area contributed by atoms with E-state index in [-0.39, 0.29) is 0 Å². The lowest BCUT2D eigenvalue weighted by atomic mass is 10.1. The van der Waals surface area contributed by atoms with Gasteiger partial charge in [0.2, 0.25) is 0 Å². The standard InChI is InChI=1S/4C9H17N3/c2*1-6(2)9-8(5)12(7(3)4)11-10-9;2*1-6(2)9-8(5)10-11-12(9)7(3)4/h4*6-7H,1-5H3. The Morgan fingerprint density at radius 1 is 0.333 bits per heavy atom. The summed E-state index contributed by atoms with van der Waals surface area (Å²) < 4.78 is 7.94.